The Morgan fingerprint density at radius 1 is 1.03 bits per heavy atom. The van der Waals surface area contributed by atoms with Gasteiger partial charge in [-0.1, -0.05) is 41.0 Å². The van der Waals surface area contributed by atoms with E-state index in [0.29, 0.717) is 28.0 Å². The van der Waals surface area contributed by atoms with Crippen molar-refractivity contribution in [2.75, 3.05) is 12.4 Å². The Balaban J connectivity index is 1.53. The van der Waals surface area contributed by atoms with E-state index in [0.717, 1.165) is 16.9 Å². The average molecular weight is 420 g/mol. The van der Waals surface area contributed by atoms with E-state index in [1.54, 1.807) is 25.3 Å². The molecule has 1 aromatic heterocycles. The summed E-state index contributed by atoms with van der Waals surface area (Å²) in [6.07, 6.45) is 0.229. The van der Waals surface area contributed by atoms with Crippen LogP contribution in [-0.2, 0) is 11.2 Å². The van der Waals surface area contributed by atoms with Gasteiger partial charge < -0.3 is 14.6 Å². The van der Waals surface area contributed by atoms with Crippen molar-refractivity contribution in [1.29, 1.82) is 0 Å². The highest BCUT2D eigenvalue weighted by Crippen LogP contribution is 2.29. The fourth-order valence-corrected chi connectivity index (χ4v) is 3.08. The zero-order valence-electron chi connectivity index (χ0n) is 16.1. The van der Waals surface area contributed by atoms with Crippen LogP contribution in [0.5, 0.6) is 5.75 Å². The summed E-state index contributed by atoms with van der Waals surface area (Å²) < 4.78 is 10.6. The monoisotopic (exact) mass is 419 g/mol. The second-order valence-corrected chi connectivity index (χ2v) is 6.99. The van der Waals surface area contributed by atoms with Crippen molar-refractivity contribution in [3.05, 3.63) is 83.4 Å². The molecule has 150 valence electrons. The van der Waals surface area contributed by atoms with E-state index in [1.165, 1.54) is 0 Å². The zero-order valence-corrected chi connectivity index (χ0v) is 16.9. The molecule has 1 heterocycles. The van der Waals surface area contributed by atoms with Gasteiger partial charge in [0.15, 0.2) is 0 Å². The highest BCUT2D eigenvalue weighted by molar-refractivity contribution is 6.30. The largest absolute Gasteiger partial charge is 0.497 e. The lowest BCUT2D eigenvalue weighted by Crippen LogP contribution is -2.15. The van der Waals surface area contributed by atoms with Crippen LogP contribution in [0.4, 0.5) is 5.69 Å². The number of amides is 1. The van der Waals surface area contributed by atoms with Crippen molar-refractivity contribution in [2.45, 2.75) is 6.42 Å². The number of carbonyl (C=O) groups excluding carboxylic acids is 1. The van der Waals surface area contributed by atoms with Crippen LogP contribution in [0.15, 0.2) is 77.3 Å². The Bertz CT molecular complexity index is 1160. The molecule has 1 N–H and O–H groups in total. The van der Waals surface area contributed by atoms with Gasteiger partial charge in [-0.3, -0.25) is 4.79 Å². The summed E-state index contributed by atoms with van der Waals surface area (Å²) in [7, 11) is 1.61. The molecule has 4 aromatic rings. The first-order chi connectivity index (χ1) is 14.6. The van der Waals surface area contributed by atoms with Crippen molar-refractivity contribution in [3.63, 3.8) is 0 Å². The number of methoxy groups -OCH3 is 1. The summed E-state index contributed by atoms with van der Waals surface area (Å²) in [5.41, 5.74) is 2.92. The van der Waals surface area contributed by atoms with Gasteiger partial charge in [0.25, 0.3) is 5.89 Å². The van der Waals surface area contributed by atoms with Crippen molar-refractivity contribution < 1.29 is 14.1 Å². The Kier molecular flexibility index (Phi) is 5.77. The fourth-order valence-electron chi connectivity index (χ4n) is 2.95. The van der Waals surface area contributed by atoms with Crippen LogP contribution < -0.4 is 10.1 Å². The van der Waals surface area contributed by atoms with Crippen LogP contribution in [0.1, 0.15) is 5.56 Å². The summed E-state index contributed by atoms with van der Waals surface area (Å²) in [6, 6.07) is 21.8. The van der Waals surface area contributed by atoms with Crippen molar-refractivity contribution in [3.8, 4) is 28.6 Å². The van der Waals surface area contributed by atoms with Crippen molar-refractivity contribution >= 4 is 23.2 Å². The molecule has 6 nitrogen and oxygen atoms in total. The highest BCUT2D eigenvalue weighted by Gasteiger charge is 2.15. The van der Waals surface area contributed by atoms with E-state index < -0.39 is 0 Å². The van der Waals surface area contributed by atoms with Crippen LogP contribution in [0.2, 0.25) is 5.02 Å². The number of rotatable bonds is 6. The first-order valence-electron chi connectivity index (χ1n) is 9.24. The second-order valence-electron chi connectivity index (χ2n) is 6.55. The summed E-state index contributed by atoms with van der Waals surface area (Å²) in [5.74, 6) is 1.37. The number of nitrogens with zero attached hydrogens (tertiary/aromatic N) is 2. The molecule has 0 fully saturated rings. The maximum Gasteiger partial charge on any atom is 0.260 e. The predicted octanol–water partition coefficient (Wildman–Crippen LogP) is 5.25. The van der Waals surface area contributed by atoms with Gasteiger partial charge in [-0.15, -0.1) is 0 Å². The van der Waals surface area contributed by atoms with Gasteiger partial charge in [0.2, 0.25) is 11.7 Å². The van der Waals surface area contributed by atoms with Gasteiger partial charge in [-0.2, -0.15) is 4.98 Å². The number of ether oxygens (including phenoxy) is 1. The summed E-state index contributed by atoms with van der Waals surface area (Å²) in [5, 5.41) is 7.62. The number of hydrogen-bond acceptors (Lipinski definition) is 5. The number of aromatic nitrogens is 2. The van der Waals surface area contributed by atoms with E-state index in [4.69, 9.17) is 20.9 Å². The molecule has 0 atom stereocenters. The van der Waals surface area contributed by atoms with E-state index in [9.17, 15) is 4.79 Å². The first-order valence-corrected chi connectivity index (χ1v) is 9.62. The van der Waals surface area contributed by atoms with Gasteiger partial charge in [-0.05, 0) is 54.1 Å². The molecule has 0 aliphatic rings. The normalized spacial score (nSPS) is 10.6. The third-order valence-corrected chi connectivity index (χ3v) is 4.74. The van der Waals surface area contributed by atoms with Crippen LogP contribution >= 0.6 is 11.6 Å². The molecule has 0 aliphatic heterocycles. The van der Waals surface area contributed by atoms with Crippen LogP contribution in [0.3, 0.4) is 0 Å². The molecule has 0 unspecified atom stereocenters. The number of nitrogens with one attached hydrogen (secondary N) is 1. The molecule has 3 aromatic carbocycles. The Labute approximate surface area is 178 Å². The van der Waals surface area contributed by atoms with Gasteiger partial charge in [0.1, 0.15) is 5.75 Å². The average Bonchev–Trinajstić information content (AvgIpc) is 3.26. The molecule has 0 radical (unpaired) electrons. The lowest BCUT2D eigenvalue weighted by Gasteiger charge is -2.08. The van der Waals surface area contributed by atoms with Gasteiger partial charge >= 0.3 is 0 Å². The summed E-state index contributed by atoms with van der Waals surface area (Å²) in [6.45, 7) is 0. The Morgan fingerprint density at radius 3 is 2.50 bits per heavy atom. The molecule has 4 rings (SSSR count). The first kappa shape index (κ1) is 19.7. The molecule has 7 heteroatoms. The van der Waals surface area contributed by atoms with E-state index in [-0.39, 0.29) is 12.3 Å². The second kappa shape index (κ2) is 8.80. The van der Waals surface area contributed by atoms with E-state index >= 15 is 0 Å². The van der Waals surface area contributed by atoms with Gasteiger partial charge in [0.05, 0.1) is 24.8 Å². The van der Waals surface area contributed by atoms with Crippen molar-refractivity contribution in [1.82, 2.24) is 10.1 Å². The molecule has 0 spiro atoms. The number of hydrogen-bond donors (Lipinski definition) is 1. The van der Waals surface area contributed by atoms with E-state index in [1.807, 2.05) is 54.6 Å². The lowest BCUT2D eigenvalue weighted by atomic mass is 10.1. The standard InChI is InChI=1S/C23H18ClN3O3/c1-29-18-12-8-16(9-13-18)22-26-23(30-27-22)19-4-2-3-5-20(19)25-21(28)14-15-6-10-17(24)11-7-15/h2-13H,14H2,1H3,(H,25,28). The van der Waals surface area contributed by atoms with Crippen LogP contribution in [0.25, 0.3) is 22.8 Å². The third kappa shape index (κ3) is 4.50. The van der Waals surface area contributed by atoms with Gasteiger partial charge in [-0.25, -0.2) is 0 Å². The zero-order chi connectivity index (χ0) is 20.9. The SMILES string of the molecule is COc1ccc(-c2noc(-c3ccccc3NC(=O)Cc3ccc(Cl)cc3)n2)cc1. The maximum absolute atomic E-state index is 12.5. The molecule has 0 saturated carbocycles. The number of anilines is 1. The number of para-hydroxylation sites is 1. The number of benzene rings is 3. The molecular weight excluding hydrogens is 402 g/mol. The lowest BCUT2D eigenvalue weighted by molar-refractivity contribution is -0.115. The Hall–Kier alpha value is -3.64. The van der Waals surface area contributed by atoms with Gasteiger partial charge in [0, 0.05) is 10.6 Å². The molecular formula is C23H18ClN3O3. The topological polar surface area (TPSA) is 77.3 Å². The molecule has 0 aliphatic carbocycles. The quantitative estimate of drug-likeness (QED) is 0.462. The van der Waals surface area contributed by atoms with E-state index in [2.05, 4.69) is 15.5 Å². The molecule has 0 saturated heterocycles. The fraction of sp³-hybridized carbons (Fsp3) is 0.0870. The minimum atomic E-state index is -0.153. The maximum atomic E-state index is 12.5. The molecule has 30 heavy (non-hydrogen) atoms. The molecule has 1 amide bonds. The number of halogens is 1. The third-order valence-electron chi connectivity index (χ3n) is 4.48. The Morgan fingerprint density at radius 2 is 1.77 bits per heavy atom. The molecule has 0 bridgehead atoms. The minimum Gasteiger partial charge on any atom is -0.497 e. The highest BCUT2D eigenvalue weighted by atomic mass is 35.5. The van der Waals surface area contributed by atoms with Crippen LogP contribution in [-0.4, -0.2) is 23.2 Å². The number of carbonyl (C=O) groups is 1. The smallest absolute Gasteiger partial charge is 0.260 e. The minimum absolute atomic E-state index is 0.153. The van der Waals surface area contributed by atoms with Crippen LogP contribution in [0, 0.1) is 0 Å². The summed E-state index contributed by atoms with van der Waals surface area (Å²) in [4.78, 5) is 17.0. The predicted molar refractivity (Wildman–Crippen MR) is 116 cm³/mol. The summed E-state index contributed by atoms with van der Waals surface area (Å²) >= 11 is 5.90. The van der Waals surface area contributed by atoms with Crippen molar-refractivity contribution in [2.24, 2.45) is 0 Å².